The summed E-state index contributed by atoms with van der Waals surface area (Å²) in [4.78, 5) is 28.4. The summed E-state index contributed by atoms with van der Waals surface area (Å²) in [6.45, 7) is 5.83. The van der Waals surface area contributed by atoms with Gasteiger partial charge in [-0.1, -0.05) is 11.3 Å². The van der Waals surface area contributed by atoms with Crippen LogP contribution < -0.4 is 10.1 Å². The minimum atomic E-state index is -1.37. The summed E-state index contributed by atoms with van der Waals surface area (Å²) < 4.78 is 11.5. The van der Waals surface area contributed by atoms with Gasteiger partial charge in [-0.3, -0.25) is 0 Å². The van der Waals surface area contributed by atoms with Crippen molar-refractivity contribution in [1.82, 2.24) is 9.88 Å². The topological polar surface area (TPSA) is 121 Å². The molecule has 1 fully saturated rings. The summed E-state index contributed by atoms with van der Waals surface area (Å²) in [6, 6.07) is 5.33. The first-order valence-corrected chi connectivity index (χ1v) is 9.61. The zero-order valence-corrected chi connectivity index (χ0v) is 16.7. The van der Waals surface area contributed by atoms with Gasteiger partial charge in [-0.15, -0.1) is 0 Å². The Hall–Kier alpha value is -2.59. The third kappa shape index (κ3) is 5.02. The number of aromatic nitrogens is 1. The van der Waals surface area contributed by atoms with Crippen LogP contribution >= 0.6 is 11.3 Å². The van der Waals surface area contributed by atoms with Crippen molar-refractivity contribution in [2.75, 3.05) is 25.0 Å². The van der Waals surface area contributed by atoms with Crippen molar-refractivity contribution in [2.24, 2.45) is 0 Å². The third-order valence-electron chi connectivity index (χ3n) is 3.93. The van der Waals surface area contributed by atoms with E-state index >= 15 is 0 Å². The lowest BCUT2D eigenvalue weighted by Gasteiger charge is -2.37. The molecular weight excluding hydrogens is 386 g/mol. The summed E-state index contributed by atoms with van der Waals surface area (Å²) in [5.74, 6) is -0.222. The first kappa shape index (κ1) is 20.2. The number of carbonyl (C=O) groups excluding carboxylic acids is 1. The Labute approximate surface area is 165 Å². The Morgan fingerprint density at radius 1 is 1.39 bits per heavy atom. The average Bonchev–Trinajstić information content (AvgIpc) is 2.95. The first-order valence-electron chi connectivity index (χ1n) is 8.79. The highest BCUT2D eigenvalue weighted by Crippen LogP contribution is 2.30. The van der Waals surface area contributed by atoms with E-state index in [0.29, 0.717) is 24.0 Å². The molecule has 152 valence electrons. The van der Waals surface area contributed by atoms with Gasteiger partial charge in [0.25, 0.3) is 0 Å². The van der Waals surface area contributed by atoms with Gasteiger partial charge in [0.15, 0.2) is 11.2 Å². The molecule has 1 unspecified atom stereocenters. The number of nitrogens with zero attached hydrogens (tertiary/aromatic N) is 2. The molecule has 9 nitrogen and oxygen atoms in total. The van der Waals surface area contributed by atoms with E-state index in [1.54, 1.807) is 39.0 Å². The molecule has 1 aliphatic heterocycles. The molecule has 0 spiro atoms. The molecule has 28 heavy (non-hydrogen) atoms. The molecule has 2 aromatic rings. The normalized spacial score (nSPS) is 15.8. The summed E-state index contributed by atoms with van der Waals surface area (Å²) in [5.41, 5.74) is 0.104. The fraction of sp³-hybridized carbons (Fsp3) is 0.500. The average molecular weight is 409 g/mol. The van der Waals surface area contributed by atoms with E-state index in [1.807, 2.05) is 0 Å². The molecular formula is C18H23N3O6S. The Morgan fingerprint density at radius 2 is 2.11 bits per heavy atom. The van der Waals surface area contributed by atoms with Crippen LogP contribution in [-0.2, 0) is 9.53 Å². The summed E-state index contributed by atoms with van der Waals surface area (Å²) in [6.07, 6.45) is -2.29. The Balaban J connectivity index is 1.55. The van der Waals surface area contributed by atoms with Crippen LogP contribution in [0.3, 0.4) is 0 Å². The molecule has 1 aromatic carbocycles. The predicted molar refractivity (Wildman–Crippen MR) is 104 cm³/mol. The van der Waals surface area contributed by atoms with Crippen molar-refractivity contribution in [1.29, 1.82) is 0 Å². The number of ether oxygens (including phenoxy) is 2. The lowest BCUT2D eigenvalue weighted by molar-refractivity contribution is -0.166. The number of hydrogen-bond acceptors (Lipinski definition) is 8. The van der Waals surface area contributed by atoms with Crippen LogP contribution in [0.5, 0.6) is 5.75 Å². The number of hydrogen-bond donors (Lipinski definition) is 3. The van der Waals surface area contributed by atoms with E-state index < -0.39 is 23.8 Å². The summed E-state index contributed by atoms with van der Waals surface area (Å²) in [5, 5.41) is 22.7. The molecule has 0 bridgehead atoms. The van der Waals surface area contributed by atoms with Gasteiger partial charge in [-0.05, 0) is 39.0 Å². The zero-order valence-electron chi connectivity index (χ0n) is 15.8. The molecule has 3 rings (SSSR count). The minimum absolute atomic E-state index is 0.0522. The molecule has 1 atom stereocenters. The van der Waals surface area contributed by atoms with Crippen molar-refractivity contribution in [3.05, 3.63) is 18.2 Å². The summed E-state index contributed by atoms with van der Waals surface area (Å²) in [7, 11) is 0. The molecule has 0 radical (unpaired) electrons. The van der Waals surface area contributed by atoms with Gasteiger partial charge >= 0.3 is 12.1 Å². The van der Waals surface area contributed by atoms with E-state index in [0.717, 1.165) is 10.2 Å². The van der Waals surface area contributed by atoms with Gasteiger partial charge < -0.3 is 29.9 Å². The standard InChI is InChI=1S/C18H23N3O6S/c1-18(2,3)27-15(23)13(22)9-26-11-4-5-12-14(6-11)28-16(20-12)19-10-7-21(8-10)17(24)25/h4-6,10,13,22H,7-9H2,1-3H3,(H,19,20)(H,24,25). The van der Waals surface area contributed by atoms with E-state index in [4.69, 9.17) is 14.6 Å². The highest BCUT2D eigenvalue weighted by molar-refractivity contribution is 7.22. The maximum absolute atomic E-state index is 11.8. The van der Waals surface area contributed by atoms with Gasteiger partial charge in [-0.25, -0.2) is 14.6 Å². The molecule has 1 amide bonds. The fourth-order valence-corrected chi connectivity index (χ4v) is 3.54. The van der Waals surface area contributed by atoms with Crippen LogP contribution in [0.1, 0.15) is 20.8 Å². The van der Waals surface area contributed by atoms with Crippen molar-refractivity contribution >= 4 is 38.7 Å². The van der Waals surface area contributed by atoms with Crippen LogP contribution in [0.4, 0.5) is 9.93 Å². The van der Waals surface area contributed by atoms with E-state index in [9.17, 15) is 14.7 Å². The van der Waals surface area contributed by atoms with Crippen LogP contribution in [-0.4, -0.2) is 69.6 Å². The number of nitrogens with one attached hydrogen (secondary N) is 1. The number of likely N-dealkylation sites (tertiary alicyclic amines) is 1. The van der Waals surface area contributed by atoms with E-state index in [2.05, 4.69) is 10.3 Å². The van der Waals surface area contributed by atoms with Gasteiger partial charge in [0.05, 0.1) is 16.3 Å². The molecule has 0 saturated carbocycles. The fourth-order valence-electron chi connectivity index (χ4n) is 2.57. The van der Waals surface area contributed by atoms with Crippen molar-refractivity contribution in [3.63, 3.8) is 0 Å². The number of carbonyl (C=O) groups is 2. The van der Waals surface area contributed by atoms with E-state index in [1.165, 1.54) is 16.2 Å². The van der Waals surface area contributed by atoms with Crippen molar-refractivity contribution < 1.29 is 29.3 Å². The molecule has 1 aromatic heterocycles. The predicted octanol–water partition coefficient (Wildman–Crippen LogP) is 2.15. The van der Waals surface area contributed by atoms with Crippen molar-refractivity contribution in [3.8, 4) is 5.75 Å². The molecule has 0 aliphatic carbocycles. The number of thiazole rings is 1. The molecule has 3 N–H and O–H groups in total. The first-order chi connectivity index (χ1) is 13.1. The summed E-state index contributed by atoms with van der Waals surface area (Å²) >= 11 is 1.42. The third-order valence-corrected chi connectivity index (χ3v) is 4.88. The van der Waals surface area contributed by atoms with Crippen LogP contribution in [0.25, 0.3) is 10.2 Å². The van der Waals surface area contributed by atoms with Crippen LogP contribution in [0.15, 0.2) is 18.2 Å². The SMILES string of the molecule is CC(C)(C)OC(=O)C(O)COc1ccc2nc(NC3CN(C(=O)O)C3)sc2c1. The highest BCUT2D eigenvalue weighted by Gasteiger charge is 2.30. The van der Waals surface area contributed by atoms with Crippen LogP contribution in [0.2, 0.25) is 0 Å². The number of anilines is 1. The zero-order chi connectivity index (χ0) is 20.5. The number of fused-ring (bicyclic) bond motifs is 1. The number of aliphatic hydroxyl groups is 1. The lowest BCUT2D eigenvalue weighted by atomic mass is 10.1. The second-order valence-electron chi connectivity index (χ2n) is 7.54. The van der Waals surface area contributed by atoms with E-state index in [-0.39, 0.29) is 12.6 Å². The second kappa shape index (κ2) is 7.80. The highest BCUT2D eigenvalue weighted by atomic mass is 32.1. The van der Waals surface area contributed by atoms with Crippen LogP contribution in [0, 0.1) is 0 Å². The maximum Gasteiger partial charge on any atom is 0.407 e. The lowest BCUT2D eigenvalue weighted by Crippen LogP contribution is -2.56. The Kier molecular flexibility index (Phi) is 5.61. The number of aliphatic hydroxyl groups excluding tert-OH is 1. The quantitative estimate of drug-likeness (QED) is 0.621. The second-order valence-corrected chi connectivity index (χ2v) is 8.57. The van der Waals surface area contributed by atoms with Gasteiger partial charge in [0, 0.05) is 13.1 Å². The molecule has 1 saturated heterocycles. The number of rotatable bonds is 6. The number of benzene rings is 1. The Morgan fingerprint density at radius 3 is 2.75 bits per heavy atom. The molecule has 2 heterocycles. The monoisotopic (exact) mass is 409 g/mol. The van der Waals surface area contributed by atoms with Gasteiger partial charge in [0.1, 0.15) is 18.0 Å². The maximum atomic E-state index is 11.8. The van der Waals surface area contributed by atoms with Crippen molar-refractivity contribution in [2.45, 2.75) is 38.5 Å². The molecule has 1 aliphatic rings. The smallest absolute Gasteiger partial charge is 0.407 e. The number of esters is 1. The number of carboxylic acid groups (broad SMARTS) is 1. The minimum Gasteiger partial charge on any atom is -0.490 e. The number of amides is 1. The van der Waals surface area contributed by atoms with Gasteiger partial charge in [-0.2, -0.15) is 0 Å². The Bertz CT molecular complexity index is 872. The van der Waals surface area contributed by atoms with Gasteiger partial charge in [0.2, 0.25) is 0 Å². The molecule has 10 heteroatoms. The largest absolute Gasteiger partial charge is 0.490 e.